The second-order valence-electron chi connectivity index (χ2n) is 10.1. The summed E-state index contributed by atoms with van der Waals surface area (Å²) < 4.78 is 30.9. The molecule has 0 unspecified atom stereocenters. The van der Waals surface area contributed by atoms with Gasteiger partial charge in [0.2, 0.25) is 9.84 Å². The van der Waals surface area contributed by atoms with Crippen LogP contribution < -0.4 is 0 Å². The van der Waals surface area contributed by atoms with Crippen LogP contribution in [-0.2, 0) is 9.84 Å². The van der Waals surface area contributed by atoms with E-state index in [0.717, 1.165) is 44.1 Å². The average molecular weight is 523 g/mol. The Morgan fingerprint density at radius 2 is 1.46 bits per heavy atom. The second kappa shape index (κ2) is 7.88. The summed E-state index contributed by atoms with van der Waals surface area (Å²) in [6, 6.07) is 37.9. The molecule has 0 radical (unpaired) electrons. The monoisotopic (exact) mass is 522 g/mol. The molecular formula is C34H22N2O2S. The van der Waals surface area contributed by atoms with Gasteiger partial charge in [0, 0.05) is 11.1 Å². The maximum atomic E-state index is 14.4. The number of sulfone groups is 1. The molecule has 1 aromatic heterocycles. The van der Waals surface area contributed by atoms with Gasteiger partial charge in [-0.1, -0.05) is 96.6 Å². The third-order valence-corrected chi connectivity index (χ3v) is 9.65. The molecule has 0 bridgehead atoms. The molecule has 6 aromatic carbocycles. The summed E-state index contributed by atoms with van der Waals surface area (Å²) in [7, 11) is -3.85. The van der Waals surface area contributed by atoms with Crippen LogP contribution in [0.25, 0.3) is 60.8 Å². The van der Waals surface area contributed by atoms with Crippen molar-refractivity contribution in [1.29, 1.82) is 0 Å². The van der Waals surface area contributed by atoms with Gasteiger partial charge in [0.15, 0.2) is 0 Å². The molecule has 4 nitrogen and oxygen atoms in total. The molecular weight excluding hydrogens is 500 g/mol. The van der Waals surface area contributed by atoms with Gasteiger partial charge in [-0.15, -0.1) is 0 Å². The zero-order chi connectivity index (χ0) is 26.3. The number of hydrogen-bond acceptors (Lipinski definition) is 3. The molecule has 186 valence electrons. The fourth-order valence-corrected chi connectivity index (χ4v) is 7.90. The highest BCUT2D eigenvalue weighted by atomic mass is 32.2. The van der Waals surface area contributed by atoms with Crippen molar-refractivity contribution in [3.63, 3.8) is 0 Å². The highest BCUT2D eigenvalue weighted by Gasteiger charge is 2.36. The number of nitrogens with zero attached hydrogens (tertiary/aromatic N) is 2. The molecule has 39 heavy (non-hydrogen) atoms. The van der Waals surface area contributed by atoms with E-state index < -0.39 is 9.84 Å². The van der Waals surface area contributed by atoms with Gasteiger partial charge in [0.05, 0.1) is 21.6 Å². The van der Waals surface area contributed by atoms with Crippen LogP contribution in [0.4, 0.5) is 0 Å². The number of hydrogen-bond donors (Lipinski definition) is 0. The van der Waals surface area contributed by atoms with Crippen LogP contribution in [0.15, 0.2) is 125 Å². The Hall–Kier alpha value is -4.74. The topological polar surface area (TPSA) is 52.0 Å². The SMILES string of the molecule is Cc1ccc2c(c1)c(-c1cccc3c1S(=O)(=O)c1cccc4nc(-c5ccccc5)n-3c14)cc1ccccc12. The normalized spacial score (nSPS) is 13.7. The molecule has 2 heterocycles. The predicted molar refractivity (Wildman–Crippen MR) is 157 cm³/mol. The van der Waals surface area contributed by atoms with Crippen molar-refractivity contribution in [2.75, 3.05) is 0 Å². The van der Waals surface area contributed by atoms with E-state index in [4.69, 9.17) is 4.98 Å². The smallest absolute Gasteiger partial charge is 0.211 e. The van der Waals surface area contributed by atoms with Crippen molar-refractivity contribution >= 4 is 42.4 Å². The van der Waals surface area contributed by atoms with E-state index in [0.29, 0.717) is 27.2 Å². The van der Waals surface area contributed by atoms with Crippen LogP contribution in [-0.4, -0.2) is 18.0 Å². The standard InChI is InChI=1S/C34H22N2O2S/c1-21-17-18-25-24-12-6-5-11-23(24)20-28(27(25)19-21)26-13-7-15-30-33(26)39(37,38)31-16-8-14-29-32(31)36(30)34(35-29)22-9-3-2-4-10-22/h2-20H,1H3. The Kier molecular flexibility index (Phi) is 4.50. The highest BCUT2D eigenvalue weighted by Crippen LogP contribution is 2.47. The maximum Gasteiger partial charge on any atom is 0.211 e. The fourth-order valence-electron chi connectivity index (χ4n) is 6.07. The van der Waals surface area contributed by atoms with E-state index >= 15 is 0 Å². The second-order valence-corrected chi connectivity index (χ2v) is 12.0. The van der Waals surface area contributed by atoms with Crippen molar-refractivity contribution < 1.29 is 8.42 Å². The van der Waals surface area contributed by atoms with Gasteiger partial charge in [-0.05, 0) is 58.3 Å². The van der Waals surface area contributed by atoms with Crippen LogP contribution >= 0.6 is 0 Å². The summed E-state index contributed by atoms with van der Waals surface area (Å²) in [5.74, 6) is 0.727. The summed E-state index contributed by atoms with van der Waals surface area (Å²) in [6.07, 6.45) is 0. The molecule has 0 spiro atoms. The molecule has 1 aliphatic rings. The molecule has 0 amide bonds. The molecule has 7 aromatic rings. The summed E-state index contributed by atoms with van der Waals surface area (Å²) in [5, 5.41) is 4.37. The number of rotatable bonds is 2. The van der Waals surface area contributed by atoms with Gasteiger partial charge >= 0.3 is 0 Å². The first-order valence-corrected chi connectivity index (χ1v) is 14.4. The van der Waals surface area contributed by atoms with Gasteiger partial charge in [0.25, 0.3) is 0 Å². The number of para-hydroxylation sites is 1. The largest absolute Gasteiger partial charge is 0.290 e. The van der Waals surface area contributed by atoms with E-state index in [9.17, 15) is 8.42 Å². The molecule has 0 aliphatic carbocycles. The lowest BCUT2D eigenvalue weighted by molar-refractivity contribution is 0.595. The summed E-state index contributed by atoms with van der Waals surface area (Å²) in [5.41, 5.74) is 5.58. The van der Waals surface area contributed by atoms with Crippen LogP contribution in [0, 0.1) is 6.92 Å². The molecule has 5 heteroatoms. The number of fused-ring (bicyclic) bond motifs is 5. The minimum Gasteiger partial charge on any atom is -0.290 e. The van der Waals surface area contributed by atoms with Crippen molar-refractivity contribution in [1.82, 2.24) is 9.55 Å². The van der Waals surface area contributed by atoms with Gasteiger partial charge in [-0.3, -0.25) is 4.57 Å². The average Bonchev–Trinajstić information content (AvgIpc) is 3.36. The van der Waals surface area contributed by atoms with E-state index in [2.05, 4.69) is 43.3 Å². The lowest BCUT2D eigenvalue weighted by Gasteiger charge is -2.24. The lowest BCUT2D eigenvalue weighted by Crippen LogP contribution is -2.16. The van der Waals surface area contributed by atoms with E-state index in [1.807, 2.05) is 71.3 Å². The molecule has 0 atom stereocenters. The van der Waals surface area contributed by atoms with E-state index in [1.54, 1.807) is 12.1 Å². The van der Waals surface area contributed by atoms with Crippen molar-refractivity contribution in [2.45, 2.75) is 16.7 Å². The summed E-state index contributed by atoms with van der Waals surface area (Å²) >= 11 is 0. The van der Waals surface area contributed by atoms with Gasteiger partial charge < -0.3 is 0 Å². The summed E-state index contributed by atoms with van der Waals surface area (Å²) in [6.45, 7) is 2.07. The van der Waals surface area contributed by atoms with Crippen molar-refractivity contribution in [3.8, 4) is 28.2 Å². The third-order valence-electron chi connectivity index (χ3n) is 7.77. The minimum absolute atomic E-state index is 0.288. The van der Waals surface area contributed by atoms with Crippen LogP contribution in [0.3, 0.4) is 0 Å². The quantitative estimate of drug-likeness (QED) is 0.215. The Balaban J connectivity index is 1.54. The number of benzene rings is 6. The van der Waals surface area contributed by atoms with Gasteiger partial charge in [-0.2, -0.15) is 0 Å². The molecule has 0 saturated heterocycles. The van der Waals surface area contributed by atoms with E-state index in [-0.39, 0.29) is 4.90 Å². The van der Waals surface area contributed by atoms with Crippen LogP contribution in [0.2, 0.25) is 0 Å². The third kappa shape index (κ3) is 3.05. The Labute approximate surface area is 225 Å². The van der Waals surface area contributed by atoms with Gasteiger partial charge in [0.1, 0.15) is 10.7 Å². The van der Waals surface area contributed by atoms with Crippen LogP contribution in [0.1, 0.15) is 5.56 Å². The zero-order valence-electron chi connectivity index (χ0n) is 21.1. The maximum absolute atomic E-state index is 14.4. The number of imidazole rings is 1. The number of aromatic nitrogens is 2. The Bertz CT molecular complexity index is 2250. The first-order chi connectivity index (χ1) is 19.0. The van der Waals surface area contributed by atoms with Crippen molar-refractivity contribution in [3.05, 3.63) is 121 Å². The first-order valence-electron chi connectivity index (χ1n) is 12.9. The van der Waals surface area contributed by atoms with Crippen molar-refractivity contribution in [2.24, 2.45) is 0 Å². The molecule has 0 fully saturated rings. The number of aryl methyl sites for hydroxylation is 1. The highest BCUT2D eigenvalue weighted by molar-refractivity contribution is 7.92. The lowest BCUT2D eigenvalue weighted by atomic mass is 9.92. The predicted octanol–water partition coefficient (Wildman–Crippen LogP) is 8.12. The first kappa shape index (κ1) is 22.3. The Morgan fingerprint density at radius 3 is 2.33 bits per heavy atom. The van der Waals surface area contributed by atoms with Gasteiger partial charge in [-0.25, -0.2) is 13.4 Å². The summed E-state index contributed by atoms with van der Waals surface area (Å²) in [4.78, 5) is 5.53. The Morgan fingerprint density at radius 1 is 0.667 bits per heavy atom. The molecule has 1 aliphatic heterocycles. The van der Waals surface area contributed by atoms with E-state index in [1.165, 1.54) is 0 Å². The fraction of sp³-hybridized carbons (Fsp3) is 0.0294. The molecule has 0 N–H and O–H groups in total. The molecule has 8 rings (SSSR count). The van der Waals surface area contributed by atoms with Crippen LogP contribution in [0.5, 0.6) is 0 Å². The molecule has 0 saturated carbocycles. The minimum atomic E-state index is -3.85. The zero-order valence-corrected chi connectivity index (χ0v) is 21.9.